The number of rotatable bonds is 9. The number of oxazole rings is 1. The Kier molecular flexibility index (Phi) is 6.87. The second-order valence-electron chi connectivity index (χ2n) is 6.99. The number of hydrogen-bond donors (Lipinski definition) is 1. The van der Waals surface area contributed by atoms with Gasteiger partial charge in [-0.15, -0.1) is 0 Å². The van der Waals surface area contributed by atoms with Crippen LogP contribution >= 0.6 is 0 Å². The van der Waals surface area contributed by atoms with Gasteiger partial charge in [0, 0.05) is 18.4 Å². The van der Waals surface area contributed by atoms with E-state index in [1.165, 1.54) is 0 Å². The number of nitriles is 1. The first-order valence-corrected chi connectivity index (χ1v) is 9.93. The molecule has 0 aliphatic rings. The van der Waals surface area contributed by atoms with Crippen molar-refractivity contribution in [1.82, 2.24) is 4.98 Å². The molecule has 0 fully saturated rings. The summed E-state index contributed by atoms with van der Waals surface area (Å²) in [5.41, 5.74) is 4.41. The van der Waals surface area contributed by atoms with E-state index < -0.39 is 5.97 Å². The van der Waals surface area contributed by atoms with Gasteiger partial charge >= 0.3 is 5.97 Å². The van der Waals surface area contributed by atoms with Gasteiger partial charge in [-0.1, -0.05) is 13.0 Å². The minimum Gasteiger partial charge on any atom is -0.493 e. The lowest BCUT2D eigenvalue weighted by atomic mass is 10.0. The number of aliphatic carboxylic acids is 1. The molecule has 0 aliphatic heterocycles. The Morgan fingerprint density at radius 3 is 2.60 bits per heavy atom. The molecule has 0 unspecified atom stereocenters. The quantitative estimate of drug-likeness (QED) is 0.554. The van der Waals surface area contributed by atoms with Gasteiger partial charge in [0.15, 0.2) is 0 Å². The second kappa shape index (κ2) is 9.75. The molecule has 0 spiro atoms. The molecule has 3 aromatic rings. The monoisotopic (exact) mass is 404 g/mol. The predicted octanol–water partition coefficient (Wildman–Crippen LogP) is 4.72. The highest BCUT2D eigenvalue weighted by molar-refractivity contribution is 5.67. The summed E-state index contributed by atoms with van der Waals surface area (Å²) in [7, 11) is 0. The summed E-state index contributed by atoms with van der Waals surface area (Å²) in [6, 6.07) is 15.0. The van der Waals surface area contributed by atoms with Crippen LogP contribution in [0.2, 0.25) is 0 Å². The van der Waals surface area contributed by atoms with E-state index >= 15 is 0 Å². The van der Waals surface area contributed by atoms with Crippen molar-refractivity contribution in [1.29, 1.82) is 5.26 Å². The van der Waals surface area contributed by atoms with E-state index in [9.17, 15) is 4.79 Å². The summed E-state index contributed by atoms with van der Waals surface area (Å²) >= 11 is 0. The van der Waals surface area contributed by atoms with Gasteiger partial charge in [-0.2, -0.15) is 5.26 Å². The third-order valence-corrected chi connectivity index (χ3v) is 4.93. The molecule has 1 N–H and O–H groups in total. The summed E-state index contributed by atoms with van der Waals surface area (Å²) in [6.07, 6.45) is 2.07. The van der Waals surface area contributed by atoms with Crippen molar-refractivity contribution in [2.45, 2.75) is 39.5 Å². The first kappa shape index (κ1) is 21.1. The molecule has 6 heteroatoms. The summed E-state index contributed by atoms with van der Waals surface area (Å²) in [4.78, 5) is 15.4. The molecule has 1 aromatic heterocycles. The van der Waals surface area contributed by atoms with Gasteiger partial charge in [-0.05, 0) is 67.3 Å². The van der Waals surface area contributed by atoms with E-state index in [1.807, 2.05) is 44.2 Å². The molecule has 1 heterocycles. The summed E-state index contributed by atoms with van der Waals surface area (Å²) in [6.45, 7) is 4.38. The first-order chi connectivity index (χ1) is 14.5. The Balaban J connectivity index is 1.61. The molecule has 30 heavy (non-hydrogen) atoms. The van der Waals surface area contributed by atoms with Gasteiger partial charge in [0.1, 0.15) is 11.5 Å². The molecule has 0 bridgehead atoms. The van der Waals surface area contributed by atoms with Crippen molar-refractivity contribution in [3.63, 3.8) is 0 Å². The molecular weight excluding hydrogens is 380 g/mol. The summed E-state index contributed by atoms with van der Waals surface area (Å²) in [5.74, 6) is 1.25. The zero-order valence-corrected chi connectivity index (χ0v) is 17.1. The van der Waals surface area contributed by atoms with Crippen molar-refractivity contribution >= 4 is 5.97 Å². The maximum absolute atomic E-state index is 10.8. The minimum absolute atomic E-state index is 0.125. The average molecular weight is 404 g/mol. The van der Waals surface area contributed by atoms with Gasteiger partial charge in [0.25, 0.3) is 0 Å². The van der Waals surface area contributed by atoms with E-state index in [0.29, 0.717) is 30.9 Å². The molecule has 2 aromatic carbocycles. The number of carboxylic acids is 1. The highest BCUT2D eigenvalue weighted by Gasteiger charge is 2.12. The van der Waals surface area contributed by atoms with E-state index in [2.05, 4.69) is 11.1 Å². The van der Waals surface area contributed by atoms with Crippen molar-refractivity contribution in [2.24, 2.45) is 0 Å². The van der Waals surface area contributed by atoms with Crippen LogP contribution in [0.5, 0.6) is 5.75 Å². The highest BCUT2D eigenvalue weighted by atomic mass is 16.5. The Bertz CT molecular complexity index is 1060. The molecule has 0 amide bonds. The summed E-state index contributed by atoms with van der Waals surface area (Å²) < 4.78 is 11.7. The molecule has 154 valence electrons. The predicted molar refractivity (Wildman–Crippen MR) is 112 cm³/mol. The van der Waals surface area contributed by atoms with Crippen LogP contribution in [0.4, 0.5) is 0 Å². The van der Waals surface area contributed by atoms with Crippen LogP contribution in [0, 0.1) is 18.3 Å². The third-order valence-electron chi connectivity index (χ3n) is 4.93. The normalized spacial score (nSPS) is 10.6. The van der Waals surface area contributed by atoms with Crippen LogP contribution in [0.1, 0.15) is 41.5 Å². The number of carboxylic acid groups (broad SMARTS) is 1. The SMILES string of the molecule is CCc1cc(OCCc2nc(-c3ccc(C#N)cc3)oc2C)ccc1CCC(=O)O. The zero-order chi connectivity index (χ0) is 21.5. The van der Waals surface area contributed by atoms with E-state index in [0.717, 1.165) is 40.3 Å². The smallest absolute Gasteiger partial charge is 0.303 e. The van der Waals surface area contributed by atoms with Crippen molar-refractivity contribution in [3.05, 3.63) is 70.6 Å². The first-order valence-electron chi connectivity index (χ1n) is 9.93. The molecule has 0 radical (unpaired) electrons. The standard InChI is InChI=1S/C24H24N2O4/c1-3-18-14-21(10-8-19(18)9-11-23(27)28)29-13-12-22-16(2)30-24(26-22)20-6-4-17(15-25)5-7-20/h4-8,10,14H,3,9,11-13H2,1-2H3,(H,27,28). The maximum atomic E-state index is 10.8. The van der Waals surface area contributed by atoms with E-state index in [1.54, 1.807) is 12.1 Å². The number of nitrogens with zero attached hydrogens (tertiary/aromatic N) is 2. The van der Waals surface area contributed by atoms with Crippen LogP contribution in [0.15, 0.2) is 46.9 Å². The lowest BCUT2D eigenvalue weighted by Gasteiger charge is -2.11. The Hall–Kier alpha value is -3.59. The van der Waals surface area contributed by atoms with Gasteiger partial charge in [-0.25, -0.2) is 4.98 Å². The fraction of sp³-hybridized carbons (Fsp3) is 0.292. The lowest BCUT2D eigenvalue weighted by Crippen LogP contribution is -2.04. The van der Waals surface area contributed by atoms with Crippen LogP contribution in [0.3, 0.4) is 0 Å². The minimum atomic E-state index is -0.791. The molecule has 0 aliphatic carbocycles. The lowest BCUT2D eigenvalue weighted by molar-refractivity contribution is -0.136. The number of aromatic nitrogens is 1. The van der Waals surface area contributed by atoms with Crippen LogP contribution < -0.4 is 4.74 Å². The fourth-order valence-corrected chi connectivity index (χ4v) is 3.24. The van der Waals surface area contributed by atoms with Crippen molar-refractivity contribution in [2.75, 3.05) is 6.61 Å². The number of benzene rings is 2. The molecular formula is C24H24N2O4. The number of hydrogen-bond acceptors (Lipinski definition) is 5. The van der Waals surface area contributed by atoms with Crippen LogP contribution in [-0.2, 0) is 24.1 Å². The molecule has 0 saturated carbocycles. The Morgan fingerprint density at radius 1 is 1.17 bits per heavy atom. The third kappa shape index (κ3) is 5.26. The molecule has 0 saturated heterocycles. The Labute approximate surface area is 175 Å². The zero-order valence-electron chi connectivity index (χ0n) is 17.1. The van der Waals surface area contributed by atoms with E-state index in [4.69, 9.17) is 19.5 Å². The van der Waals surface area contributed by atoms with Gasteiger partial charge in [0.2, 0.25) is 5.89 Å². The van der Waals surface area contributed by atoms with Gasteiger partial charge < -0.3 is 14.3 Å². The fourth-order valence-electron chi connectivity index (χ4n) is 3.24. The molecule has 6 nitrogen and oxygen atoms in total. The highest BCUT2D eigenvalue weighted by Crippen LogP contribution is 2.23. The number of carbonyl (C=O) groups is 1. The maximum Gasteiger partial charge on any atom is 0.303 e. The largest absolute Gasteiger partial charge is 0.493 e. The summed E-state index contributed by atoms with van der Waals surface area (Å²) in [5, 5.41) is 17.8. The van der Waals surface area contributed by atoms with Crippen molar-refractivity contribution < 1.29 is 19.1 Å². The van der Waals surface area contributed by atoms with Crippen LogP contribution in [0.25, 0.3) is 11.5 Å². The van der Waals surface area contributed by atoms with Crippen molar-refractivity contribution in [3.8, 4) is 23.3 Å². The number of aryl methyl sites for hydroxylation is 3. The molecule has 3 rings (SSSR count). The number of ether oxygens (including phenoxy) is 1. The van der Waals surface area contributed by atoms with Crippen LogP contribution in [-0.4, -0.2) is 22.7 Å². The average Bonchev–Trinajstić information content (AvgIpc) is 3.13. The van der Waals surface area contributed by atoms with Gasteiger partial charge in [-0.3, -0.25) is 4.79 Å². The van der Waals surface area contributed by atoms with Gasteiger partial charge in [0.05, 0.1) is 23.9 Å². The Morgan fingerprint density at radius 2 is 1.93 bits per heavy atom. The van der Waals surface area contributed by atoms with E-state index in [-0.39, 0.29) is 6.42 Å². The second-order valence-corrected chi connectivity index (χ2v) is 6.99. The topological polar surface area (TPSA) is 96.4 Å². The molecule has 0 atom stereocenters.